The first kappa shape index (κ1) is 14.3. The van der Waals surface area contributed by atoms with Gasteiger partial charge in [-0.25, -0.2) is 0 Å². The van der Waals surface area contributed by atoms with Crippen molar-refractivity contribution in [2.45, 2.75) is 58.0 Å². The Morgan fingerprint density at radius 1 is 1.17 bits per heavy atom. The Morgan fingerprint density at radius 2 is 1.83 bits per heavy atom. The molecular weight excluding hydrogens is 224 g/mol. The minimum Gasteiger partial charge on any atom is -0.381 e. The second-order valence-corrected chi connectivity index (χ2v) is 5.96. The average molecular weight is 254 g/mol. The molecule has 0 bridgehead atoms. The highest BCUT2D eigenvalue weighted by Crippen LogP contribution is 2.25. The van der Waals surface area contributed by atoms with Crippen molar-refractivity contribution >= 4 is 0 Å². The highest BCUT2D eigenvalue weighted by Gasteiger charge is 2.28. The van der Waals surface area contributed by atoms with E-state index in [-0.39, 0.29) is 0 Å². The summed E-state index contributed by atoms with van der Waals surface area (Å²) in [7, 11) is 0. The van der Waals surface area contributed by atoms with E-state index in [1.54, 1.807) is 0 Å². The van der Waals surface area contributed by atoms with Crippen LogP contribution in [0.15, 0.2) is 0 Å². The minimum absolute atomic E-state index is 0.696. The van der Waals surface area contributed by atoms with Gasteiger partial charge in [0.2, 0.25) is 0 Å². The molecule has 2 aliphatic rings. The first-order valence-electron chi connectivity index (χ1n) is 7.86. The number of nitrogens with one attached hydrogen (secondary N) is 1. The molecule has 0 radical (unpaired) electrons. The molecule has 0 aromatic rings. The maximum absolute atomic E-state index is 5.46. The molecule has 2 aliphatic heterocycles. The van der Waals surface area contributed by atoms with E-state index in [2.05, 4.69) is 24.1 Å². The van der Waals surface area contributed by atoms with Crippen LogP contribution in [-0.2, 0) is 4.74 Å². The van der Waals surface area contributed by atoms with Gasteiger partial charge in [-0.2, -0.15) is 0 Å². The molecule has 0 aromatic heterocycles. The first-order chi connectivity index (χ1) is 8.81. The van der Waals surface area contributed by atoms with E-state index in [1.807, 2.05) is 0 Å². The van der Waals surface area contributed by atoms with Crippen LogP contribution >= 0.6 is 0 Å². The van der Waals surface area contributed by atoms with Crippen LogP contribution in [0.2, 0.25) is 0 Å². The predicted molar refractivity (Wildman–Crippen MR) is 75.9 cm³/mol. The van der Waals surface area contributed by atoms with Gasteiger partial charge in [-0.05, 0) is 64.6 Å². The third-order valence-electron chi connectivity index (χ3n) is 4.70. The largest absolute Gasteiger partial charge is 0.381 e. The zero-order valence-corrected chi connectivity index (χ0v) is 12.2. The normalized spacial score (nSPS) is 26.3. The molecule has 0 spiro atoms. The van der Waals surface area contributed by atoms with Crippen LogP contribution in [0.5, 0.6) is 0 Å². The molecule has 0 saturated carbocycles. The SMILES string of the molecule is CCCNC(C)C1CCN(C2CCOCC2)CC1. The molecule has 0 amide bonds. The van der Waals surface area contributed by atoms with E-state index in [9.17, 15) is 0 Å². The Bertz CT molecular complexity index is 221. The summed E-state index contributed by atoms with van der Waals surface area (Å²) >= 11 is 0. The van der Waals surface area contributed by atoms with Gasteiger partial charge in [0.15, 0.2) is 0 Å². The number of nitrogens with zero attached hydrogens (tertiary/aromatic N) is 1. The molecule has 2 fully saturated rings. The molecule has 3 nitrogen and oxygen atoms in total. The summed E-state index contributed by atoms with van der Waals surface area (Å²) in [6.45, 7) is 10.3. The van der Waals surface area contributed by atoms with Crippen molar-refractivity contribution < 1.29 is 4.74 Å². The molecule has 3 heteroatoms. The number of ether oxygens (including phenoxy) is 1. The van der Waals surface area contributed by atoms with Crippen molar-refractivity contribution in [1.82, 2.24) is 10.2 Å². The van der Waals surface area contributed by atoms with E-state index in [1.165, 1.54) is 51.7 Å². The van der Waals surface area contributed by atoms with Crippen molar-refractivity contribution in [3.8, 4) is 0 Å². The van der Waals surface area contributed by atoms with Gasteiger partial charge < -0.3 is 15.0 Å². The van der Waals surface area contributed by atoms with Crippen molar-refractivity contribution in [2.24, 2.45) is 5.92 Å². The fourth-order valence-corrected chi connectivity index (χ4v) is 3.37. The number of likely N-dealkylation sites (tertiary alicyclic amines) is 1. The summed E-state index contributed by atoms with van der Waals surface area (Å²) in [6, 6.07) is 1.50. The summed E-state index contributed by atoms with van der Waals surface area (Å²) < 4.78 is 5.46. The quantitative estimate of drug-likeness (QED) is 0.814. The third-order valence-corrected chi connectivity index (χ3v) is 4.70. The third kappa shape index (κ3) is 3.94. The molecule has 1 atom stereocenters. The van der Waals surface area contributed by atoms with E-state index in [0.717, 1.165) is 25.2 Å². The van der Waals surface area contributed by atoms with Gasteiger partial charge >= 0.3 is 0 Å². The lowest BCUT2D eigenvalue weighted by molar-refractivity contribution is 0.0188. The molecule has 106 valence electrons. The molecule has 2 saturated heterocycles. The van der Waals surface area contributed by atoms with Crippen molar-refractivity contribution in [1.29, 1.82) is 0 Å². The Balaban J connectivity index is 1.70. The van der Waals surface area contributed by atoms with E-state index in [4.69, 9.17) is 4.74 Å². The van der Waals surface area contributed by atoms with Crippen LogP contribution in [0.3, 0.4) is 0 Å². The van der Waals surface area contributed by atoms with Gasteiger partial charge in [0.05, 0.1) is 0 Å². The summed E-state index contributed by atoms with van der Waals surface area (Å²) in [4.78, 5) is 2.71. The van der Waals surface area contributed by atoms with Crippen LogP contribution in [-0.4, -0.2) is 49.8 Å². The summed E-state index contributed by atoms with van der Waals surface area (Å²) in [5, 5.41) is 3.66. The van der Waals surface area contributed by atoms with Gasteiger partial charge in [-0.15, -0.1) is 0 Å². The fraction of sp³-hybridized carbons (Fsp3) is 1.00. The van der Waals surface area contributed by atoms with Gasteiger partial charge in [0.1, 0.15) is 0 Å². The van der Waals surface area contributed by atoms with E-state index < -0.39 is 0 Å². The van der Waals surface area contributed by atoms with Crippen molar-refractivity contribution in [2.75, 3.05) is 32.8 Å². The number of hydrogen-bond acceptors (Lipinski definition) is 3. The van der Waals surface area contributed by atoms with Gasteiger partial charge in [0.25, 0.3) is 0 Å². The standard InChI is InChI=1S/C15H30N2O/c1-3-8-16-13(2)14-4-9-17(10-5-14)15-6-11-18-12-7-15/h13-16H,3-12H2,1-2H3. The van der Waals surface area contributed by atoms with Gasteiger partial charge in [-0.1, -0.05) is 6.92 Å². The predicted octanol–water partition coefficient (Wildman–Crippen LogP) is 2.27. The molecule has 18 heavy (non-hydrogen) atoms. The Labute approximate surface area is 112 Å². The minimum atomic E-state index is 0.696. The summed E-state index contributed by atoms with van der Waals surface area (Å²) in [5.74, 6) is 0.882. The molecule has 0 aromatic carbocycles. The second-order valence-electron chi connectivity index (χ2n) is 5.96. The molecule has 1 unspecified atom stereocenters. The zero-order chi connectivity index (χ0) is 12.8. The van der Waals surface area contributed by atoms with Gasteiger partial charge in [-0.3, -0.25) is 0 Å². The van der Waals surface area contributed by atoms with Crippen LogP contribution in [0.25, 0.3) is 0 Å². The van der Waals surface area contributed by atoms with E-state index in [0.29, 0.717) is 6.04 Å². The smallest absolute Gasteiger partial charge is 0.0480 e. The molecular formula is C15H30N2O. The average Bonchev–Trinajstić information content (AvgIpc) is 2.46. The monoisotopic (exact) mass is 254 g/mol. The van der Waals surface area contributed by atoms with Crippen molar-refractivity contribution in [3.05, 3.63) is 0 Å². The Hall–Kier alpha value is -0.120. The first-order valence-corrected chi connectivity index (χ1v) is 7.86. The summed E-state index contributed by atoms with van der Waals surface area (Å²) in [5.41, 5.74) is 0. The van der Waals surface area contributed by atoms with Crippen molar-refractivity contribution in [3.63, 3.8) is 0 Å². The van der Waals surface area contributed by atoms with Gasteiger partial charge in [0, 0.05) is 25.3 Å². The number of rotatable bonds is 5. The second kappa shape index (κ2) is 7.46. The number of piperidine rings is 1. The zero-order valence-electron chi connectivity index (χ0n) is 12.2. The molecule has 2 heterocycles. The fourth-order valence-electron chi connectivity index (χ4n) is 3.37. The highest BCUT2D eigenvalue weighted by atomic mass is 16.5. The van der Waals surface area contributed by atoms with E-state index >= 15 is 0 Å². The van der Waals surface area contributed by atoms with Crippen LogP contribution in [0.1, 0.15) is 46.0 Å². The molecule has 0 aliphatic carbocycles. The maximum atomic E-state index is 5.46. The molecule has 1 N–H and O–H groups in total. The lowest BCUT2D eigenvalue weighted by atomic mass is 9.89. The Kier molecular flexibility index (Phi) is 5.93. The Morgan fingerprint density at radius 3 is 2.44 bits per heavy atom. The lowest BCUT2D eigenvalue weighted by Gasteiger charge is -2.40. The van der Waals surface area contributed by atoms with Crippen LogP contribution < -0.4 is 5.32 Å². The maximum Gasteiger partial charge on any atom is 0.0480 e. The summed E-state index contributed by atoms with van der Waals surface area (Å²) in [6.07, 6.45) is 6.47. The topological polar surface area (TPSA) is 24.5 Å². The highest BCUT2D eigenvalue weighted by molar-refractivity contribution is 4.83. The number of hydrogen-bond donors (Lipinski definition) is 1. The molecule has 2 rings (SSSR count). The lowest BCUT2D eigenvalue weighted by Crippen LogP contribution is -2.47. The van der Waals surface area contributed by atoms with Crippen LogP contribution in [0, 0.1) is 5.92 Å². The van der Waals surface area contributed by atoms with Crippen LogP contribution in [0.4, 0.5) is 0 Å².